The zero-order valence-corrected chi connectivity index (χ0v) is 17.5. The van der Waals surface area contributed by atoms with Gasteiger partial charge in [-0.05, 0) is 6.07 Å². The second-order valence-corrected chi connectivity index (χ2v) is 9.95. The number of nitrogens with one attached hydrogen (secondary N) is 1. The molecule has 1 fully saturated rings. The number of benzene rings is 1. The highest BCUT2D eigenvalue weighted by Gasteiger charge is 2.71. The van der Waals surface area contributed by atoms with E-state index in [0.717, 1.165) is 6.07 Å². The second-order valence-electron chi connectivity index (χ2n) is 7.01. The molecule has 4 rings (SSSR count). The van der Waals surface area contributed by atoms with Crippen LogP contribution in [-0.4, -0.2) is 45.3 Å². The molecule has 0 saturated carbocycles. The summed E-state index contributed by atoms with van der Waals surface area (Å²) in [5, 5.41) is 10.2. The third-order valence-electron chi connectivity index (χ3n) is 4.97. The van der Waals surface area contributed by atoms with Gasteiger partial charge in [0.1, 0.15) is 5.75 Å². The maximum atomic E-state index is 14.8. The molecular formula is C17H15F4N2O7PS. The van der Waals surface area contributed by atoms with E-state index in [0.29, 0.717) is 11.8 Å². The van der Waals surface area contributed by atoms with E-state index in [2.05, 4.69) is 0 Å². The van der Waals surface area contributed by atoms with Gasteiger partial charge in [0.2, 0.25) is 6.23 Å². The molecule has 1 aromatic heterocycles. The number of hydrogen-bond donors (Lipinski definition) is 2. The Morgan fingerprint density at radius 3 is 2.72 bits per heavy atom. The van der Waals surface area contributed by atoms with Gasteiger partial charge in [-0.3, -0.25) is 23.4 Å². The van der Waals surface area contributed by atoms with Crippen LogP contribution in [-0.2, 0) is 32.2 Å². The quantitative estimate of drug-likeness (QED) is 0.475. The molecule has 1 saturated heterocycles. The maximum Gasteiger partial charge on any atom is 0.381 e. The van der Waals surface area contributed by atoms with Gasteiger partial charge in [-0.15, -0.1) is 0 Å². The molecule has 0 aliphatic carbocycles. The van der Waals surface area contributed by atoms with Crippen molar-refractivity contribution in [3.8, 4) is 5.75 Å². The molecule has 0 radical (unpaired) electrons. The molecule has 4 atom stereocenters. The van der Waals surface area contributed by atoms with Gasteiger partial charge in [-0.1, -0.05) is 18.2 Å². The lowest BCUT2D eigenvalue weighted by Crippen LogP contribution is -2.54. The number of hydrogen-bond acceptors (Lipinski definition) is 8. The summed E-state index contributed by atoms with van der Waals surface area (Å²) in [4.78, 5) is 24.8. The third kappa shape index (κ3) is 3.80. The van der Waals surface area contributed by atoms with Crippen molar-refractivity contribution in [3.63, 3.8) is 0 Å². The van der Waals surface area contributed by atoms with Gasteiger partial charge in [-0.25, -0.2) is 13.6 Å². The standard InChI is InChI=1S/C17H15F4N2O7PS/c18-13(19)16(8-28-31(32)27-7-9-3-1-2-4-10(9)30-31)12(25)17(20,21)14(29-16)23-6-5-11(24)22-15(23)26/h1-6,12-14,25H,7-8H2,(H,22,24,26)/t12-,14+,16+,31?/m0/s1. The summed E-state index contributed by atoms with van der Waals surface area (Å²) < 4.78 is 78.7. The minimum atomic E-state index is -4.37. The Hall–Kier alpha value is -2.09. The minimum Gasteiger partial charge on any atom is -0.424 e. The fraction of sp³-hybridized carbons (Fsp3) is 0.412. The van der Waals surface area contributed by atoms with E-state index in [1.54, 1.807) is 29.2 Å². The molecule has 2 aliphatic rings. The molecule has 3 heterocycles. The summed E-state index contributed by atoms with van der Waals surface area (Å²) in [5.41, 5.74) is -4.91. The zero-order valence-electron chi connectivity index (χ0n) is 15.8. The fourth-order valence-electron chi connectivity index (χ4n) is 3.26. The Kier molecular flexibility index (Phi) is 5.80. The molecule has 2 aliphatic heterocycles. The van der Waals surface area contributed by atoms with Crippen LogP contribution in [0, 0.1) is 0 Å². The van der Waals surface area contributed by atoms with Crippen molar-refractivity contribution >= 4 is 18.5 Å². The predicted molar refractivity (Wildman–Crippen MR) is 103 cm³/mol. The molecule has 0 spiro atoms. The molecule has 15 heteroatoms. The molecule has 9 nitrogen and oxygen atoms in total. The summed E-state index contributed by atoms with van der Waals surface area (Å²) in [6, 6.07) is 7.26. The van der Waals surface area contributed by atoms with E-state index >= 15 is 0 Å². The first-order valence-corrected chi connectivity index (χ1v) is 11.5. The highest BCUT2D eigenvalue weighted by molar-refractivity contribution is 8.07. The topological polar surface area (TPSA) is 112 Å². The zero-order chi connectivity index (χ0) is 23.3. The number of aromatic amines is 1. The Labute approximate surface area is 181 Å². The lowest BCUT2D eigenvalue weighted by Gasteiger charge is -2.34. The second kappa shape index (κ2) is 8.04. The van der Waals surface area contributed by atoms with Crippen molar-refractivity contribution in [3.05, 3.63) is 62.9 Å². The molecular weight excluding hydrogens is 483 g/mol. The number of aromatic nitrogens is 2. The number of aliphatic hydroxyl groups excluding tert-OH is 1. The number of ether oxygens (including phenoxy) is 1. The lowest BCUT2D eigenvalue weighted by atomic mass is 9.96. The van der Waals surface area contributed by atoms with Gasteiger partial charge < -0.3 is 14.4 Å². The number of alkyl halides is 4. The van der Waals surface area contributed by atoms with Crippen molar-refractivity contribution in [2.75, 3.05) is 6.61 Å². The normalized spacial score (nSPS) is 31.3. The van der Waals surface area contributed by atoms with Crippen molar-refractivity contribution < 1.29 is 41.0 Å². The maximum absolute atomic E-state index is 14.8. The van der Waals surface area contributed by atoms with Gasteiger partial charge in [0.25, 0.3) is 12.0 Å². The van der Waals surface area contributed by atoms with Crippen molar-refractivity contribution in [1.82, 2.24) is 9.55 Å². The van der Waals surface area contributed by atoms with Gasteiger partial charge in [-0.2, -0.15) is 8.78 Å². The lowest BCUT2D eigenvalue weighted by molar-refractivity contribution is -0.193. The van der Waals surface area contributed by atoms with Crippen LogP contribution in [0.3, 0.4) is 0 Å². The molecule has 1 aromatic carbocycles. The van der Waals surface area contributed by atoms with Gasteiger partial charge in [0.05, 0.1) is 13.2 Å². The SMILES string of the molecule is O=c1ccn([C@@H]2O[C@@](COP3(=S)OCc4ccccc4O3)(C(F)F)[C@H](O)C2(F)F)c(=O)[nH]1. The Morgan fingerprint density at radius 1 is 1.31 bits per heavy atom. The van der Waals surface area contributed by atoms with Crippen LogP contribution in [0.15, 0.2) is 46.1 Å². The first-order chi connectivity index (χ1) is 15.0. The van der Waals surface area contributed by atoms with Crippen LogP contribution >= 0.6 is 6.72 Å². The Balaban J connectivity index is 1.63. The number of aliphatic hydroxyl groups is 1. The van der Waals surface area contributed by atoms with E-state index < -0.39 is 54.9 Å². The van der Waals surface area contributed by atoms with Crippen LogP contribution in [0.4, 0.5) is 17.6 Å². The highest BCUT2D eigenvalue weighted by atomic mass is 32.5. The van der Waals surface area contributed by atoms with Gasteiger partial charge >= 0.3 is 18.3 Å². The fourth-order valence-corrected chi connectivity index (χ4v) is 5.08. The number of halogens is 4. The average molecular weight is 498 g/mol. The molecule has 0 bridgehead atoms. The Bertz CT molecular complexity index is 1190. The number of H-pyrrole nitrogens is 1. The first kappa shape index (κ1) is 23.1. The number of rotatable bonds is 5. The van der Waals surface area contributed by atoms with Crippen LogP contribution in [0.25, 0.3) is 0 Å². The smallest absolute Gasteiger partial charge is 0.381 e. The minimum absolute atomic E-state index is 0.0654. The van der Waals surface area contributed by atoms with E-state index in [1.807, 2.05) is 0 Å². The van der Waals surface area contributed by atoms with Crippen LogP contribution in [0.5, 0.6) is 5.75 Å². The highest BCUT2D eigenvalue weighted by Crippen LogP contribution is 2.57. The summed E-state index contributed by atoms with van der Waals surface area (Å²) in [5.74, 6) is -4.08. The van der Waals surface area contributed by atoms with Crippen LogP contribution in [0.1, 0.15) is 11.8 Å². The van der Waals surface area contributed by atoms with E-state index in [9.17, 15) is 32.3 Å². The molecule has 2 N–H and O–H groups in total. The van der Waals surface area contributed by atoms with E-state index in [-0.39, 0.29) is 16.9 Å². The molecule has 32 heavy (non-hydrogen) atoms. The Morgan fingerprint density at radius 2 is 2.03 bits per heavy atom. The number of fused-ring (bicyclic) bond motifs is 1. The van der Waals surface area contributed by atoms with Crippen molar-refractivity contribution in [2.45, 2.75) is 36.9 Å². The monoisotopic (exact) mass is 498 g/mol. The van der Waals surface area contributed by atoms with Gasteiger partial charge in [0, 0.05) is 29.6 Å². The summed E-state index contributed by atoms with van der Waals surface area (Å²) >= 11 is 5.13. The van der Waals surface area contributed by atoms with Crippen molar-refractivity contribution in [2.24, 2.45) is 0 Å². The summed E-state index contributed by atoms with van der Waals surface area (Å²) in [6.07, 6.45) is -8.81. The number of nitrogens with zero attached hydrogens (tertiary/aromatic N) is 1. The molecule has 0 amide bonds. The summed E-state index contributed by atoms with van der Waals surface area (Å²) in [7, 11) is 0. The number of para-hydroxylation sites is 1. The third-order valence-corrected chi connectivity index (χ3v) is 7.14. The first-order valence-electron chi connectivity index (χ1n) is 8.98. The van der Waals surface area contributed by atoms with E-state index in [1.165, 1.54) is 0 Å². The largest absolute Gasteiger partial charge is 0.424 e. The molecule has 2 aromatic rings. The van der Waals surface area contributed by atoms with E-state index in [4.69, 9.17) is 30.1 Å². The van der Waals surface area contributed by atoms with Gasteiger partial charge in [0.15, 0.2) is 11.7 Å². The average Bonchev–Trinajstić information content (AvgIpc) is 2.94. The molecule has 1 unspecified atom stereocenters. The van der Waals surface area contributed by atoms with Crippen LogP contribution < -0.4 is 15.8 Å². The van der Waals surface area contributed by atoms with Crippen LogP contribution in [0.2, 0.25) is 0 Å². The van der Waals surface area contributed by atoms with Crippen molar-refractivity contribution in [1.29, 1.82) is 0 Å². The predicted octanol–water partition coefficient (Wildman–Crippen LogP) is 1.92. The summed E-state index contributed by atoms with van der Waals surface area (Å²) in [6.45, 7) is -5.10. The molecule has 174 valence electrons.